The minimum atomic E-state index is 0.436. The van der Waals surface area contributed by atoms with Crippen LogP contribution in [0.2, 0.25) is 0 Å². The molecule has 2 aliphatic rings. The van der Waals surface area contributed by atoms with Gasteiger partial charge in [-0.05, 0) is 88.9 Å². The van der Waals surface area contributed by atoms with Crippen molar-refractivity contribution in [3.63, 3.8) is 0 Å². The zero-order valence-electron chi connectivity index (χ0n) is 20.6. The van der Waals surface area contributed by atoms with E-state index in [2.05, 4.69) is 75.8 Å². The maximum Gasteiger partial charge on any atom is 0.0449 e. The lowest BCUT2D eigenvalue weighted by atomic mass is 10.0. The number of piperidine rings is 2. The first-order valence-electron chi connectivity index (χ1n) is 13.3. The highest BCUT2D eigenvalue weighted by molar-refractivity contribution is 5.19. The van der Waals surface area contributed by atoms with Gasteiger partial charge in [0.1, 0.15) is 0 Å². The number of hydrogen-bond donors (Lipinski definition) is 2. The van der Waals surface area contributed by atoms with Crippen LogP contribution in [0.5, 0.6) is 0 Å². The first-order chi connectivity index (χ1) is 16.3. The summed E-state index contributed by atoms with van der Waals surface area (Å²) in [6, 6.07) is 22.0. The summed E-state index contributed by atoms with van der Waals surface area (Å²) in [4.78, 5) is 5.19. The van der Waals surface area contributed by atoms with Crippen LogP contribution in [0.4, 0.5) is 0 Å². The van der Waals surface area contributed by atoms with Gasteiger partial charge >= 0.3 is 0 Å². The Kier molecular flexibility index (Phi) is 12.6. The molecule has 1 unspecified atom stereocenters. The van der Waals surface area contributed by atoms with Crippen LogP contribution >= 0.6 is 0 Å². The molecule has 2 heterocycles. The van der Waals surface area contributed by atoms with Crippen LogP contribution in [0.3, 0.4) is 0 Å². The minimum absolute atomic E-state index is 0.436. The molecule has 2 aromatic rings. The summed E-state index contributed by atoms with van der Waals surface area (Å²) >= 11 is 0. The highest BCUT2D eigenvalue weighted by Crippen LogP contribution is 2.17. The molecule has 0 spiro atoms. The topological polar surface area (TPSA) is 44.5 Å². The third kappa shape index (κ3) is 10.4. The fraction of sp³-hybridized carbons (Fsp3) is 0.586. The Labute approximate surface area is 202 Å². The number of benzene rings is 2. The molecule has 0 bridgehead atoms. The third-order valence-electron chi connectivity index (χ3n) is 6.87. The van der Waals surface area contributed by atoms with Gasteiger partial charge in [0.15, 0.2) is 0 Å². The van der Waals surface area contributed by atoms with Gasteiger partial charge < -0.3 is 20.9 Å². The number of nitrogens with one attached hydrogen (secondary N) is 1. The van der Waals surface area contributed by atoms with Crippen molar-refractivity contribution in [3.05, 3.63) is 71.8 Å². The fourth-order valence-corrected chi connectivity index (χ4v) is 4.87. The molecule has 0 aliphatic carbocycles. The van der Waals surface area contributed by atoms with Gasteiger partial charge in [-0.3, -0.25) is 0 Å². The number of nitrogens with two attached hydrogens (primary N) is 1. The Hall–Kier alpha value is -1.72. The molecule has 4 heteroatoms. The predicted molar refractivity (Wildman–Crippen MR) is 142 cm³/mol. The van der Waals surface area contributed by atoms with Crippen molar-refractivity contribution >= 4 is 0 Å². The summed E-state index contributed by atoms with van der Waals surface area (Å²) < 4.78 is 0. The van der Waals surface area contributed by atoms with E-state index in [1.165, 1.54) is 88.8 Å². The summed E-state index contributed by atoms with van der Waals surface area (Å²) in [5, 5.41) is 3.66. The zero-order chi connectivity index (χ0) is 23.0. The molecule has 2 aliphatic heterocycles. The van der Waals surface area contributed by atoms with Gasteiger partial charge in [-0.15, -0.1) is 0 Å². The fourth-order valence-electron chi connectivity index (χ4n) is 4.87. The maximum atomic E-state index is 5.59. The molecule has 2 fully saturated rings. The van der Waals surface area contributed by atoms with E-state index in [9.17, 15) is 0 Å². The second-order valence-corrected chi connectivity index (χ2v) is 9.56. The van der Waals surface area contributed by atoms with Gasteiger partial charge in [-0.25, -0.2) is 0 Å². The lowest BCUT2D eigenvalue weighted by Gasteiger charge is -2.31. The molecule has 4 rings (SSSR count). The first-order valence-corrected chi connectivity index (χ1v) is 13.3. The summed E-state index contributed by atoms with van der Waals surface area (Å²) in [7, 11) is 0. The van der Waals surface area contributed by atoms with E-state index in [0.29, 0.717) is 6.04 Å². The molecule has 0 saturated carbocycles. The van der Waals surface area contributed by atoms with E-state index in [-0.39, 0.29) is 0 Å². The first kappa shape index (κ1) is 25.9. The van der Waals surface area contributed by atoms with Crippen molar-refractivity contribution in [2.75, 3.05) is 52.4 Å². The van der Waals surface area contributed by atoms with Crippen LogP contribution in [0, 0.1) is 0 Å². The molecular weight excluding hydrogens is 404 g/mol. The molecule has 2 aromatic carbocycles. The number of hydrogen-bond acceptors (Lipinski definition) is 4. The summed E-state index contributed by atoms with van der Waals surface area (Å²) in [6.07, 6.45) is 10.6. The van der Waals surface area contributed by atoms with Crippen LogP contribution in [0.25, 0.3) is 0 Å². The monoisotopic (exact) mass is 450 g/mol. The van der Waals surface area contributed by atoms with Gasteiger partial charge in [0.25, 0.3) is 0 Å². The Morgan fingerprint density at radius 1 is 0.727 bits per heavy atom. The largest absolute Gasteiger partial charge is 0.330 e. The lowest BCUT2D eigenvalue weighted by Crippen LogP contribution is -2.38. The van der Waals surface area contributed by atoms with Crippen LogP contribution in [-0.2, 0) is 6.42 Å². The summed E-state index contributed by atoms with van der Waals surface area (Å²) in [6.45, 7) is 9.25. The Morgan fingerprint density at radius 2 is 1.30 bits per heavy atom. The molecule has 0 radical (unpaired) electrons. The second kappa shape index (κ2) is 16.0. The van der Waals surface area contributed by atoms with Crippen molar-refractivity contribution in [2.45, 2.75) is 57.4 Å². The summed E-state index contributed by atoms with van der Waals surface area (Å²) in [5.41, 5.74) is 8.45. The van der Waals surface area contributed by atoms with Crippen LogP contribution in [0.1, 0.15) is 62.1 Å². The maximum absolute atomic E-state index is 5.59. The average Bonchev–Trinajstić information content (AvgIpc) is 2.90. The normalized spacial score (nSPS) is 18.3. The Bertz CT molecular complexity index is 709. The van der Waals surface area contributed by atoms with Crippen molar-refractivity contribution in [3.8, 4) is 0 Å². The van der Waals surface area contributed by atoms with Gasteiger partial charge in [0.05, 0.1) is 0 Å². The minimum Gasteiger partial charge on any atom is -0.330 e. The molecule has 1 atom stereocenters. The molecule has 182 valence electrons. The van der Waals surface area contributed by atoms with Crippen LogP contribution in [-0.4, -0.2) is 62.2 Å². The Morgan fingerprint density at radius 3 is 1.91 bits per heavy atom. The molecule has 33 heavy (non-hydrogen) atoms. The van der Waals surface area contributed by atoms with Crippen molar-refractivity contribution in [1.82, 2.24) is 15.1 Å². The van der Waals surface area contributed by atoms with E-state index in [1.54, 1.807) is 0 Å². The van der Waals surface area contributed by atoms with E-state index in [0.717, 1.165) is 26.1 Å². The second-order valence-electron chi connectivity index (χ2n) is 9.56. The van der Waals surface area contributed by atoms with E-state index < -0.39 is 0 Å². The molecule has 2 saturated heterocycles. The Balaban J connectivity index is 0.000000194. The highest BCUT2D eigenvalue weighted by Gasteiger charge is 2.17. The van der Waals surface area contributed by atoms with E-state index >= 15 is 0 Å². The highest BCUT2D eigenvalue weighted by atomic mass is 15.2. The SMILES string of the molecule is NCCCNC(CN1CCCCC1)c1ccccc1.c1ccc(CCN2CCCCC2)cc1. The van der Waals surface area contributed by atoms with Gasteiger partial charge in [0.2, 0.25) is 0 Å². The quantitative estimate of drug-likeness (QED) is 0.507. The van der Waals surface area contributed by atoms with Crippen molar-refractivity contribution < 1.29 is 0 Å². The number of likely N-dealkylation sites (tertiary alicyclic amines) is 2. The number of nitrogens with zero attached hydrogens (tertiary/aromatic N) is 2. The van der Waals surface area contributed by atoms with E-state index in [4.69, 9.17) is 5.73 Å². The summed E-state index contributed by atoms with van der Waals surface area (Å²) in [5.74, 6) is 0. The van der Waals surface area contributed by atoms with Crippen LogP contribution < -0.4 is 11.1 Å². The average molecular weight is 451 g/mol. The predicted octanol–water partition coefficient (Wildman–Crippen LogP) is 4.87. The molecule has 3 N–H and O–H groups in total. The molecule has 0 amide bonds. The van der Waals surface area contributed by atoms with Gasteiger partial charge in [0, 0.05) is 19.1 Å². The smallest absolute Gasteiger partial charge is 0.0449 e. The molecule has 0 aromatic heterocycles. The van der Waals surface area contributed by atoms with E-state index in [1.807, 2.05) is 0 Å². The number of rotatable bonds is 10. The zero-order valence-corrected chi connectivity index (χ0v) is 20.6. The van der Waals surface area contributed by atoms with Gasteiger partial charge in [-0.1, -0.05) is 73.5 Å². The van der Waals surface area contributed by atoms with Crippen LogP contribution in [0.15, 0.2) is 60.7 Å². The lowest BCUT2D eigenvalue weighted by molar-refractivity contribution is 0.205. The molecule has 4 nitrogen and oxygen atoms in total. The molecular formula is C29H46N4. The van der Waals surface area contributed by atoms with Crippen molar-refractivity contribution in [1.29, 1.82) is 0 Å². The van der Waals surface area contributed by atoms with Gasteiger partial charge in [-0.2, -0.15) is 0 Å². The van der Waals surface area contributed by atoms with Crippen molar-refractivity contribution in [2.24, 2.45) is 5.73 Å². The third-order valence-corrected chi connectivity index (χ3v) is 6.87. The standard InChI is InChI=1S/C16H27N3.C13H19N/c17-10-7-11-18-16(15-8-3-1-4-9-15)14-19-12-5-2-6-13-19;1-3-7-13(8-4-1)9-12-14-10-5-2-6-11-14/h1,3-4,8-9,16,18H,2,5-7,10-14,17H2;1,3-4,7-8H,2,5-6,9-12H2.